The van der Waals surface area contributed by atoms with Gasteiger partial charge in [-0.2, -0.15) is 10.2 Å². The number of halogens is 1. The van der Waals surface area contributed by atoms with E-state index in [0.29, 0.717) is 49.3 Å². The second-order valence-electron chi connectivity index (χ2n) is 6.78. The number of benzene rings is 2. The first-order chi connectivity index (χ1) is 14.6. The monoisotopic (exact) mass is 406 g/mol. The molecule has 0 spiro atoms. The molecule has 1 aliphatic heterocycles. The number of amides is 1. The highest BCUT2D eigenvalue weighted by Crippen LogP contribution is 2.30. The lowest BCUT2D eigenvalue weighted by Crippen LogP contribution is -2.49. The first-order valence-electron chi connectivity index (χ1n) is 9.45. The van der Waals surface area contributed by atoms with Gasteiger partial charge in [-0.3, -0.25) is 4.79 Å². The second-order valence-corrected chi connectivity index (χ2v) is 6.78. The van der Waals surface area contributed by atoms with Gasteiger partial charge in [0.15, 0.2) is 0 Å². The fourth-order valence-electron chi connectivity index (χ4n) is 3.40. The number of ether oxygens (including phenoxy) is 1. The first kappa shape index (κ1) is 19.5. The summed E-state index contributed by atoms with van der Waals surface area (Å²) in [4.78, 5) is 20.4. The Morgan fingerprint density at radius 2 is 1.93 bits per heavy atom. The molecule has 0 unspecified atom stereocenters. The third-order valence-corrected chi connectivity index (χ3v) is 4.99. The molecule has 0 saturated carbocycles. The van der Waals surface area contributed by atoms with Crippen molar-refractivity contribution >= 4 is 11.8 Å². The molecule has 1 fully saturated rings. The van der Waals surface area contributed by atoms with Crippen LogP contribution >= 0.6 is 0 Å². The molecular formula is C22H19FN4O3. The van der Waals surface area contributed by atoms with E-state index in [9.17, 15) is 14.4 Å². The zero-order chi connectivity index (χ0) is 21.1. The number of nitrogens with zero attached hydrogens (tertiary/aromatic N) is 4. The molecule has 7 nitrogen and oxygen atoms in total. The van der Waals surface area contributed by atoms with E-state index in [2.05, 4.69) is 11.1 Å². The SMILES string of the molecule is COc1cccc(-c2nc(C#N)c(N3CCN(C(=O)c4ccccc4F)CC3)o2)c1. The van der Waals surface area contributed by atoms with Gasteiger partial charge in [0.2, 0.25) is 17.5 Å². The molecule has 30 heavy (non-hydrogen) atoms. The summed E-state index contributed by atoms with van der Waals surface area (Å²) < 4.78 is 25.1. The Kier molecular flexibility index (Phi) is 5.35. The maximum absolute atomic E-state index is 13.9. The Labute approximate surface area is 172 Å². The van der Waals surface area contributed by atoms with E-state index in [4.69, 9.17) is 9.15 Å². The lowest BCUT2D eigenvalue weighted by atomic mass is 10.1. The van der Waals surface area contributed by atoms with Crippen molar-refractivity contribution in [2.45, 2.75) is 0 Å². The minimum Gasteiger partial charge on any atom is -0.497 e. The van der Waals surface area contributed by atoms with Crippen LogP contribution in [-0.4, -0.2) is 49.1 Å². The van der Waals surface area contributed by atoms with Crippen LogP contribution in [0.3, 0.4) is 0 Å². The van der Waals surface area contributed by atoms with Gasteiger partial charge in [-0.15, -0.1) is 0 Å². The minimum absolute atomic E-state index is 0.0589. The molecule has 0 aliphatic carbocycles. The fourth-order valence-corrected chi connectivity index (χ4v) is 3.40. The summed E-state index contributed by atoms with van der Waals surface area (Å²) in [6, 6.07) is 15.2. The summed E-state index contributed by atoms with van der Waals surface area (Å²) in [6.45, 7) is 1.66. The summed E-state index contributed by atoms with van der Waals surface area (Å²) in [5.74, 6) is 0.474. The van der Waals surface area contributed by atoms with Crippen molar-refractivity contribution < 1.29 is 18.3 Å². The van der Waals surface area contributed by atoms with Crippen LogP contribution in [0.1, 0.15) is 16.1 Å². The van der Waals surface area contributed by atoms with Crippen LogP contribution in [0.25, 0.3) is 11.5 Å². The maximum Gasteiger partial charge on any atom is 0.256 e. The van der Waals surface area contributed by atoms with Gasteiger partial charge in [0.1, 0.15) is 17.6 Å². The molecule has 2 aromatic carbocycles. The van der Waals surface area contributed by atoms with Crippen molar-refractivity contribution in [2.24, 2.45) is 0 Å². The number of methoxy groups -OCH3 is 1. The molecule has 0 bridgehead atoms. The van der Waals surface area contributed by atoms with Gasteiger partial charge in [0.25, 0.3) is 5.91 Å². The Balaban J connectivity index is 1.51. The molecule has 1 aromatic heterocycles. The average molecular weight is 406 g/mol. The van der Waals surface area contributed by atoms with Crippen molar-refractivity contribution in [1.82, 2.24) is 9.88 Å². The zero-order valence-corrected chi connectivity index (χ0v) is 16.3. The standard InChI is InChI=1S/C22H19FN4O3/c1-29-16-6-4-5-15(13-16)20-25-19(14-24)22(30-20)27-11-9-26(10-12-27)21(28)17-7-2-3-8-18(17)23/h2-8,13H,9-12H2,1H3. The normalized spacial score (nSPS) is 13.8. The van der Waals surface area contributed by atoms with Crippen LogP contribution in [0.15, 0.2) is 52.9 Å². The molecule has 3 aromatic rings. The van der Waals surface area contributed by atoms with Gasteiger partial charge in [-0.05, 0) is 30.3 Å². The zero-order valence-electron chi connectivity index (χ0n) is 16.3. The first-order valence-corrected chi connectivity index (χ1v) is 9.45. The summed E-state index contributed by atoms with van der Waals surface area (Å²) in [5.41, 5.74) is 0.941. The predicted octanol–water partition coefficient (Wildman–Crippen LogP) is 3.32. The van der Waals surface area contributed by atoms with E-state index in [0.717, 1.165) is 0 Å². The number of rotatable bonds is 4. The van der Waals surface area contributed by atoms with E-state index in [-0.39, 0.29) is 17.2 Å². The Morgan fingerprint density at radius 1 is 1.17 bits per heavy atom. The summed E-state index contributed by atoms with van der Waals surface area (Å²) in [7, 11) is 1.57. The van der Waals surface area contributed by atoms with Crippen LogP contribution in [0.5, 0.6) is 5.75 Å². The number of oxazole rings is 1. The number of hydrogen-bond donors (Lipinski definition) is 0. The number of piperazine rings is 1. The molecule has 8 heteroatoms. The highest BCUT2D eigenvalue weighted by Gasteiger charge is 2.28. The van der Waals surface area contributed by atoms with Gasteiger partial charge in [0.05, 0.1) is 12.7 Å². The van der Waals surface area contributed by atoms with Crippen molar-refractivity contribution in [3.05, 3.63) is 65.6 Å². The van der Waals surface area contributed by atoms with Crippen LogP contribution in [0.4, 0.5) is 10.3 Å². The average Bonchev–Trinajstić information content (AvgIpc) is 3.24. The van der Waals surface area contributed by atoms with Crippen molar-refractivity contribution in [3.8, 4) is 23.3 Å². The van der Waals surface area contributed by atoms with Crippen molar-refractivity contribution in [2.75, 3.05) is 38.2 Å². The van der Waals surface area contributed by atoms with Crippen LogP contribution in [-0.2, 0) is 0 Å². The fraction of sp³-hybridized carbons (Fsp3) is 0.227. The Bertz CT molecular complexity index is 1110. The molecule has 0 N–H and O–H groups in total. The Hall–Kier alpha value is -3.86. The van der Waals surface area contributed by atoms with Gasteiger partial charge in [0, 0.05) is 31.7 Å². The highest BCUT2D eigenvalue weighted by atomic mass is 19.1. The lowest BCUT2D eigenvalue weighted by molar-refractivity contribution is 0.0740. The number of carbonyl (C=O) groups is 1. The molecule has 0 atom stereocenters. The lowest BCUT2D eigenvalue weighted by Gasteiger charge is -2.34. The molecule has 1 aliphatic rings. The topological polar surface area (TPSA) is 82.6 Å². The number of carbonyl (C=O) groups excluding carboxylic acids is 1. The number of nitriles is 1. The van der Waals surface area contributed by atoms with Gasteiger partial charge in [-0.1, -0.05) is 18.2 Å². The molecule has 1 saturated heterocycles. The number of hydrogen-bond acceptors (Lipinski definition) is 6. The van der Waals surface area contributed by atoms with E-state index >= 15 is 0 Å². The van der Waals surface area contributed by atoms with Crippen LogP contribution < -0.4 is 9.64 Å². The quantitative estimate of drug-likeness (QED) is 0.661. The smallest absolute Gasteiger partial charge is 0.256 e. The minimum atomic E-state index is -0.533. The molecule has 0 radical (unpaired) electrons. The number of aromatic nitrogens is 1. The highest BCUT2D eigenvalue weighted by molar-refractivity contribution is 5.94. The maximum atomic E-state index is 13.9. The second kappa shape index (κ2) is 8.25. The van der Waals surface area contributed by atoms with Crippen LogP contribution in [0, 0.1) is 17.1 Å². The summed E-state index contributed by atoms with van der Waals surface area (Å²) >= 11 is 0. The van der Waals surface area contributed by atoms with Gasteiger partial charge in [-0.25, -0.2) is 4.39 Å². The van der Waals surface area contributed by atoms with Gasteiger partial charge >= 0.3 is 0 Å². The van der Waals surface area contributed by atoms with Gasteiger partial charge < -0.3 is 19.0 Å². The molecule has 2 heterocycles. The third-order valence-electron chi connectivity index (χ3n) is 4.99. The third kappa shape index (κ3) is 3.70. The van der Waals surface area contributed by atoms with E-state index in [1.807, 2.05) is 23.1 Å². The molecule has 4 rings (SSSR count). The van der Waals surface area contributed by atoms with Crippen molar-refractivity contribution in [1.29, 1.82) is 5.26 Å². The summed E-state index contributed by atoms with van der Waals surface area (Å²) in [5, 5.41) is 9.50. The summed E-state index contributed by atoms with van der Waals surface area (Å²) in [6.07, 6.45) is 0. The largest absolute Gasteiger partial charge is 0.497 e. The Morgan fingerprint density at radius 3 is 2.63 bits per heavy atom. The molecule has 1 amide bonds. The predicted molar refractivity (Wildman–Crippen MR) is 108 cm³/mol. The number of anilines is 1. The van der Waals surface area contributed by atoms with Crippen LogP contribution in [0.2, 0.25) is 0 Å². The van der Waals surface area contributed by atoms with Crippen molar-refractivity contribution in [3.63, 3.8) is 0 Å². The van der Waals surface area contributed by atoms with E-state index in [1.54, 1.807) is 30.2 Å². The van der Waals surface area contributed by atoms with E-state index in [1.165, 1.54) is 12.1 Å². The molecule has 152 valence electrons. The molecular weight excluding hydrogens is 387 g/mol. The van der Waals surface area contributed by atoms with E-state index < -0.39 is 5.82 Å².